The van der Waals surface area contributed by atoms with Crippen LogP contribution >= 0.6 is 0 Å². The third-order valence-electron chi connectivity index (χ3n) is 5.03. The van der Waals surface area contributed by atoms with Gasteiger partial charge in [-0.3, -0.25) is 0 Å². The van der Waals surface area contributed by atoms with E-state index in [1.807, 2.05) is 56.3 Å². The molecule has 0 radical (unpaired) electrons. The predicted molar refractivity (Wildman–Crippen MR) is 118 cm³/mol. The highest BCUT2D eigenvalue weighted by Crippen LogP contribution is 2.47. The van der Waals surface area contributed by atoms with Gasteiger partial charge in [-0.1, -0.05) is 43.0 Å². The molecule has 1 heterocycles. The molecule has 0 aliphatic rings. The Bertz CT molecular complexity index is 1120. The van der Waals surface area contributed by atoms with Crippen molar-refractivity contribution in [1.82, 2.24) is 4.98 Å². The average Bonchev–Trinajstić information content (AvgIpc) is 2.79. The summed E-state index contributed by atoms with van der Waals surface area (Å²) < 4.78 is 17.4. The molecular weight excluding hydrogens is 376 g/mol. The van der Waals surface area contributed by atoms with Crippen molar-refractivity contribution < 1.29 is 14.2 Å². The minimum atomic E-state index is 0.326. The zero-order valence-electron chi connectivity index (χ0n) is 17.7. The number of aryl methyl sites for hydroxylation is 1. The van der Waals surface area contributed by atoms with E-state index in [0.717, 1.165) is 27.9 Å². The lowest BCUT2D eigenvalue weighted by Gasteiger charge is -2.21. The number of nitriles is 1. The number of benzene rings is 2. The molecule has 0 aliphatic carbocycles. The second-order valence-electron chi connectivity index (χ2n) is 6.73. The van der Waals surface area contributed by atoms with Crippen LogP contribution < -0.4 is 14.2 Å². The molecule has 3 aromatic rings. The van der Waals surface area contributed by atoms with E-state index in [9.17, 15) is 5.26 Å². The molecule has 152 valence electrons. The Morgan fingerprint density at radius 3 is 2.37 bits per heavy atom. The van der Waals surface area contributed by atoms with Gasteiger partial charge in [-0.15, -0.1) is 0 Å². The summed E-state index contributed by atoms with van der Waals surface area (Å²) in [4.78, 5) is 4.42. The van der Waals surface area contributed by atoms with Crippen LogP contribution in [0.2, 0.25) is 0 Å². The van der Waals surface area contributed by atoms with E-state index in [4.69, 9.17) is 14.2 Å². The number of methoxy groups -OCH3 is 2. The summed E-state index contributed by atoms with van der Waals surface area (Å²) in [6, 6.07) is 15.8. The third-order valence-corrected chi connectivity index (χ3v) is 5.03. The molecule has 5 heteroatoms. The fraction of sp³-hybridized carbons (Fsp3) is 0.200. The first kappa shape index (κ1) is 20.9. The summed E-state index contributed by atoms with van der Waals surface area (Å²) in [6.07, 6.45) is 1.66. The molecule has 0 bridgehead atoms. The molecule has 0 atom stereocenters. The van der Waals surface area contributed by atoms with Crippen LogP contribution in [0, 0.1) is 25.2 Å². The van der Waals surface area contributed by atoms with Crippen molar-refractivity contribution in [3.05, 3.63) is 77.1 Å². The first-order chi connectivity index (χ1) is 14.5. The second-order valence-corrected chi connectivity index (χ2v) is 6.73. The van der Waals surface area contributed by atoms with Gasteiger partial charge in [0.1, 0.15) is 18.4 Å². The second kappa shape index (κ2) is 9.15. The quantitative estimate of drug-likeness (QED) is 0.526. The molecule has 2 aromatic carbocycles. The summed E-state index contributed by atoms with van der Waals surface area (Å²) in [6.45, 7) is 8.13. The highest BCUT2D eigenvalue weighted by molar-refractivity contribution is 5.86. The molecule has 0 spiro atoms. The molecule has 3 rings (SSSR count). The Morgan fingerprint density at radius 2 is 1.77 bits per heavy atom. The zero-order valence-corrected chi connectivity index (χ0v) is 17.7. The first-order valence-corrected chi connectivity index (χ1v) is 9.51. The van der Waals surface area contributed by atoms with E-state index >= 15 is 0 Å². The van der Waals surface area contributed by atoms with Crippen LogP contribution in [0.15, 0.2) is 49.0 Å². The fourth-order valence-corrected chi connectivity index (χ4v) is 3.41. The van der Waals surface area contributed by atoms with Crippen molar-refractivity contribution in [2.45, 2.75) is 20.5 Å². The molecular formula is C25H24N2O3. The van der Waals surface area contributed by atoms with Gasteiger partial charge in [-0.25, -0.2) is 4.98 Å². The van der Waals surface area contributed by atoms with Crippen molar-refractivity contribution in [3.8, 4) is 34.4 Å². The lowest BCUT2D eigenvalue weighted by Crippen LogP contribution is -2.05. The van der Waals surface area contributed by atoms with Crippen molar-refractivity contribution in [3.63, 3.8) is 0 Å². The summed E-state index contributed by atoms with van der Waals surface area (Å²) in [5.41, 5.74) is 5.37. The Hall–Kier alpha value is -3.78. The maximum atomic E-state index is 9.60. The van der Waals surface area contributed by atoms with Crippen molar-refractivity contribution in [2.24, 2.45) is 0 Å². The average molecular weight is 400 g/mol. The van der Waals surface area contributed by atoms with E-state index in [-0.39, 0.29) is 0 Å². The van der Waals surface area contributed by atoms with Crippen LogP contribution in [0.5, 0.6) is 17.2 Å². The van der Waals surface area contributed by atoms with Crippen molar-refractivity contribution >= 4 is 6.08 Å². The van der Waals surface area contributed by atoms with Gasteiger partial charge < -0.3 is 14.2 Å². The number of nitrogens with zero attached hydrogens (tertiary/aromatic N) is 2. The summed E-state index contributed by atoms with van der Waals surface area (Å²) in [5, 5.41) is 9.60. The Balaban J connectivity index is 2.27. The Labute approximate surface area is 177 Å². The fourth-order valence-electron chi connectivity index (χ4n) is 3.41. The molecule has 0 aliphatic heterocycles. The van der Waals surface area contributed by atoms with Crippen LogP contribution in [0.1, 0.15) is 28.1 Å². The lowest BCUT2D eigenvalue weighted by molar-refractivity contribution is 0.276. The van der Waals surface area contributed by atoms with Gasteiger partial charge >= 0.3 is 0 Å². The molecule has 0 unspecified atom stereocenters. The molecule has 0 saturated heterocycles. The largest absolute Gasteiger partial charge is 0.493 e. The van der Waals surface area contributed by atoms with Crippen LogP contribution in [0.3, 0.4) is 0 Å². The minimum Gasteiger partial charge on any atom is -0.493 e. The first-order valence-electron chi connectivity index (χ1n) is 9.51. The van der Waals surface area contributed by atoms with Crippen LogP contribution in [0.25, 0.3) is 17.2 Å². The molecule has 0 amide bonds. The highest BCUT2D eigenvalue weighted by Gasteiger charge is 2.23. The Morgan fingerprint density at radius 1 is 1.03 bits per heavy atom. The van der Waals surface area contributed by atoms with E-state index in [0.29, 0.717) is 35.1 Å². The van der Waals surface area contributed by atoms with Crippen molar-refractivity contribution in [1.29, 1.82) is 5.26 Å². The molecule has 0 fully saturated rings. The lowest BCUT2D eigenvalue weighted by atomic mass is 9.92. The maximum Gasteiger partial charge on any atom is 0.203 e. The monoisotopic (exact) mass is 400 g/mol. The van der Waals surface area contributed by atoms with Gasteiger partial charge in [0.2, 0.25) is 5.75 Å². The van der Waals surface area contributed by atoms with Gasteiger partial charge in [-0.2, -0.15) is 5.26 Å². The van der Waals surface area contributed by atoms with Gasteiger partial charge in [0.05, 0.1) is 14.2 Å². The molecule has 0 N–H and O–H groups in total. The van der Waals surface area contributed by atoms with E-state index in [1.165, 1.54) is 0 Å². The number of hydrogen-bond donors (Lipinski definition) is 0. The summed E-state index contributed by atoms with van der Waals surface area (Å²) in [5.74, 6) is 1.60. The van der Waals surface area contributed by atoms with Crippen LogP contribution in [-0.2, 0) is 6.61 Å². The molecule has 0 saturated carbocycles. The van der Waals surface area contributed by atoms with E-state index < -0.39 is 0 Å². The standard InChI is InChI=1S/C25H24N2O3/c1-6-19-21(14-26)27-17(3)16(2)23(19)20-12-13-22(28-4)25(29-5)24(20)30-15-18-10-8-7-9-11-18/h6-13H,1,15H2,2-5H3. The van der Waals surface area contributed by atoms with E-state index in [1.54, 1.807) is 20.3 Å². The van der Waals surface area contributed by atoms with Gasteiger partial charge in [0, 0.05) is 22.4 Å². The molecule has 1 aromatic heterocycles. The van der Waals surface area contributed by atoms with Crippen LogP contribution in [0.4, 0.5) is 0 Å². The SMILES string of the molecule is C=Cc1c(C#N)nc(C)c(C)c1-c1ccc(OC)c(OC)c1OCc1ccccc1. The molecule has 5 nitrogen and oxygen atoms in total. The van der Waals surface area contributed by atoms with Crippen LogP contribution in [-0.4, -0.2) is 19.2 Å². The number of ether oxygens (including phenoxy) is 3. The van der Waals surface area contributed by atoms with Gasteiger partial charge in [0.25, 0.3) is 0 Å². The van der Waals surface area contributed by atoms with E-state index in [2.05, 4.69) is 17.6 Å². The highest BCUT2D eigenvalue weighted by atomic mass is 16.5. The number of hydrogen-bond acceptors (Lipinski definition) is 5. The predicted octanol–water partition coefficient (Wildman–Crippen LogP) is 5.48. The zero-order chi connectivity index (χ0) is 21.7. The van der Waals surface area contributed by atoms with Gasteiger partial charge in [-0.05, 0) is 37.1 Å². The van der Waals surface area contributed by atoms with Gasteiger partial charge in [0.15, 0.2) is 11.5 Å². The number of aromatic nitrogens is 1. The normalized spacial score (nSPS) is 10.2. The Kier molecular flexibility index (Phi) is 6.38. The number of rotatable bonds is 7. The van der Waals surface area contributed by atoms with Crippen molar-refractivity contribution in [2.75, 3.05) is 14.2 Å². The third kappa shape index (κ3) is 3.85. The minimum absolute atomic E-state index is 0.326. The summed E-state index contributed by atoms with van der Waals surface area (Å²) >= 11 is 0. The summed E-state index contributed by atoms with van der Waals surface area (Å²) in [7, 11) is 3.17. The number of pyridine rings is 1. The smallest absolute Gasteiger partial charge is 0.203 e. The molecule has 30 heavy (non-hydrogen) atoms. The topological polar surface area (TPSA) is 64.4 Å². The maximum absolute atomic E-state index is 9.60.